The lowest BCUT2D eigenvalue weighted by atomic mass is 10.1. The van der Waals surface area contributed by atoms with E-state index in [1.165, 1.54) is 17.2 Å². The van der Waals surface area contributed by atoms with Gasteiger partial charge >= 0.3 is 11.6 Å². The Labute approximate surface area is 186 Å². The zero-order chi connectivity index (χ0) is 23.1. The second-order valence-electron chi connectivity index (χ2n) is 7.66. The Hall–Kier alpha value is -3.80. The lowest BCUT2D eigenvalue weighted by Crippen LogP contribution is -2.14. The van der Waals surface area contributed by atoms with E-state index >= 15 is 0 Å². The Bertz CT molecular complexity index is 1210. The first kappa shape index (κ1) is 22.9. The fraction of sp³-hybridized carbons (Fsp3) is 0.231. The van der Waals surface area contributed by atoms with Crippen molar-refractivity contribution in [3.63, 3.8) is 0 Å². The minimum Gasteiger partial charge on any atom is -0.504 e. The van der Waals surface area contributed by atoms with Crippen LogP contribution in [0.2, 0.25) is 0 Å². The van der Waals surface area contributed by atoms with Gasteiger partial charge in [-0.05, 0) is 70.0 Å². The summed E-state index contributed by atoms with van der Waals surface area (Å²) in [5.41, 5.74) is 1.98. The molecule has 0 spiro atoms. The van der Waals surface area contributed by atoms with Gasteiger partial charge in [0.2, 0.25) is 0 Å². The molecule has 0 aliphatic heterocycles. The molecule has 1 heterocycles. The van der Waals surface area contributed by atoms with Gasteiger partial charge < -0.3 is 19.0 Å². The van der Waals surface area contributed by atoms with Gasteiger partial charge in [-0.1, -0.05) is 35.4 Å². The molecule has 0 amide bonds. The summed E-state index contributed by atoms with van der Waals surface area (Å²) in [5.74, 6) is -1.32. The first-order valence-electron chi connectivity index (χ1n) is 10.3. The summed E-state index contributed by atoms with van der Waals surface area (Å²) in [6, 6.07) is 12.9. The van der Waals surface area contributed by atoms with E-state index in [4.69, 9.17) is 13.9 Å². The number of esters is 1. The second kappa shape index (κ2) is 10.5. The molecule has 166 valence electrons. The fourth-order valence-corrected chi connectivity index (χ4v) is 3.02. The van der Waals surface area contributed by atoms with Crippen molar-refractivity contribution in [2.45, 2.75) is 33.6 Å². The van der Waals surface area contributed by atoms with Gasteiger partial charge in [-0.3, -0.25) is 0 Å². The second-order valence-corrected chi connectivity index (χ2v) is 7.66. The molecule has 32 heavy (non-hydrogen) atoms. The van der Waals surface area contributed by atoms with Crippen LogP contribution in [0.5, 0.6) is 17.2 Å². The summed E-state index contributed by atoms with van der Waals surface area (Å²) in [6.45, 7) is 6.57. The smallest absolute Gasteiger partial charge is 0.383 e. The van der Waals surface area contributed by atoms with Crippen molar-refractivity contribution in [3.8, 4) is 17.2 Å². The number of aromatic hydroxyl groups is 1. The maximum absolute atomic E-state index is 12.3. The number of rotatable bonds is 8. The normalized spacial score (nSPS) is 11.3. The van der Waals surface area contributed by atoms with Crippen LogP contribution in [0.3, 0.4) is 0 Å². The van der Waals surface area contributed by atoms with E-state index in [0.29, 0.717) is 12.4 Å². The Kier molecular flexibility index (Phi) is 7.49. The molecular formula is C26H26O6. The average Bonchev–Trinajstić information content (AvgIpc) is 2.77. The Morgan fingerprint density at radius 2 is 1.81 bits per heavy atom. The van der Waals surface area contributed by atoms with Crippen LogP contribution in [-0.4, -0.2) is 17.7 Å². The fourth-order valence-electron chi connectivity index (χ4n) is 3.02. The van der Waals surface area contributed by atoms with Gasteiger partial charge in [-0.2, -0.15) is 0 Å². The monoisotopic (exact) mass is 434 g/mol. The van der Waals surface area contributed by atoms with Crippen molar-refractivity contribution in [2.75, 3.05) is 6.61 Å². The van der Waals surface area contributed by atoms with Crippen molar-refractivity contribution in [3.05, 3.63) is 87.8 Å². The number of hydrogen-bond donors (Lipinski definition) is 1. The quantitative estimate of drug-likeness (QED) is 0.274. The van der Waals surface area contributed by atoms with Gasteiger partial charge in [0.05, 0.1) is 10.9 Å². The lowest BCUT2D eigenvalue weighted by Gasteiger charge is -2.09. The molecule has 6 heteroatoms. The maximum Gasteiger partial charge on any atom is 0.383 e. The van der Waals surface area contributed by atoms with E-state index in [0.717, 1.165) is 12.8 Å². The third-order valence-corrected chi connectivity index (χ3v) is 4.79. The Morgan fingerprint density at radius 3 is 2.53 bits per heavy atom. The number of allylic oxidation sites excluding steroid dienone is 3. The van der Waals surface area contributed by atoms with Crippen LogP contribution in [0.25, 0.3) is 11.0 Å². The predicted molar refractivity (Wildman–Crippen MR) is 123 cm³/mol. The number of carbonyl (C=O) groups excluding carboxylic acids is 1. The van der Waals surface area contributed by atoms with Gasteiger partial charge in [0, 0.05) is 0 Å². The van der Waals surface area contributed by atoms with E-state index in [1.54, 1.807) is 42.5 Å². The van der Waals surface area contributed by atoms with E-state index < -0.39 is 23.1 Å². The molecule has 0 unspecified atom stereocenters. The molecule has 0 bridgehead atoms. The molecule has 0 fully saturated rings. The highest BCUT2D eigenvalue weighted by atomic mass is 16.6. The predicted octanol–water partition coefficient (Wildman–Crippen LogP) is 5.79. The summed E-state index contributed by atoms with van der Waals surface area (Å²) >= 11 is 0. The Morgan fingerprint density at radius 1 is 1.06 bits per heavy atom. The van der Waals surface area contributed by atoms with Crippen molar-refractivity contribution < 1.29 is 23.8 Å². The molecule has 0 aliphatic rings. The summed E-state index contributed by atoms with van der Waals surface area (Å²) < 4.78 is 16.1. The number of benzene rings is 2. The molecule has 0 saturated carbocycles. The van der Waals surface area contributed by atoms with Crippen molar-refractivity contribution in [2.24, 2.45) is 0 Å². The molecule has 2 aromatic carbocycles. The molecular weight excluding hydrogens is 408 g/mol. The topological polar surface area (TPSA) is 86.0 Å². The minimum atomic E-state index is -0.942. The molecule has 3 rings (SSSR count). The number of ether oxygens (including phenoxy) is 2. The van der Waals surface area contributed by atoms with E-state index in [9.17, 15) is 14.7 Å². The first-order chi connectivity index (χ1) is 15.3. The molecule has 0 radical (unpaired) electrons. The highest BCUT2D eigenvalue weighted by Gasteiger charge is 2.20. The SMILES string of the molecule is CC(C)=CCCC(C)=CCOc1ccc2oc(=O)c(OC(=O)c3ccccc3)c(O)c2c1. The molecule has 1 aromatic heterocycles. The summed E-state index contributed by atoms with van der Waals surface area (Å²) in [4.78, 5) is 24.5. The van der Waals surface area contributed by atoms with Gasteiger partial charge in [-0.25, -0.2) is 9.59 Å². The van der Waals surface area contributed by atoms with Crippen LogP contribution in [-0.2, 0) is 0 Å². The van der Waals surface area contributed by atoms with Crippen molar-refractivity contribution in [1.29, 1.82) is 0 Å². The standard InChI is InChI=1S/C26H26O6/c1-17(2)8-7-9-18(3)14-15-30-20-12-13-22-21(16-20)23(27)24(26(29)31-22)32-25(28)19-10-5-4-6-11-19/h4-6,8,10-14,16,27H,7,9,15H2,1-3H3. The van der Waals surface area contributed by atoms with E-state index in [2.05, 4.69) is 26.8 Å². The summed E-state index contributed by atoms with van der Waals surface area (Å²) in [6.07, 6.45) is 6.13. The maximum atomic E-state index is 12.3. The number of hydrogen-bond acceptors (Lipinski definition) is 6. The first-order valence-corrected chi connectivity index (χ1v) is 10.3. The summed E-state index contributed by atoms with van der Waals surface area (Å²) in [7, 11) is 0. The third kappa shape index (κ3) is 5.88. The van der Waals surface area contributed by atoms with Gasteiger partial charge in [0.1, 0.15) is 17.9 Å². The molecule has 0 aliphatic carbocycles. The number of carbonyl (C=O) groups is 1. The van der Waals surface area contributed by atoms with Crippen LogP contribution >= 0.6 is 0 Å². The molecule has 1 N–H and O–H groups in total. The van der Waals surface area contributed by atoms with Crippen LogP contribution in [0.15, 0.2) is 81.0 Å². The molecule has 6 nitrogen and oxygen atoms in total. The van der Waals surface area contributed by atoms with Gasteiger partial charge in [0.25, 0.3) is 5.75 Å². The van der Waals surface area contributed by atoms with Gasteiger partial charge in [-0.15, -0.1) is 0 Å². The minimum absolute atomic E-state index is 0.160. The van der Waals surface area contributed by atoms with Crippen LogP contribution < -0.4 is 15.1 Å². The van der Waals surface area contributed by atoms with E-state index in [-0.39, 0.29) is 16.5 Å². The molecule has 0 saturated heterocycles. The number of fused-ring (bicyclic) bond motifs is 1. The van der Waals surface area contributed by atoms with Gasteiger partial charge in [0.15, 0.2) is 5.75 Å². The van der Waals surface area contributed by atoms with Crippen molar-refractivity contribution >= 4 is 16.9 Å². The molecule has 3 aromatic rings. The highest BCUT2D eigenvalue weighted by molar-refractivity contribution is 5.93. The van der Waals surface area contributed by atoms with Crippen molar-refractivity contribution in [1.82, 2.24) is 0 Å². The summed E-state index contributed by atoms with van der Waals surface area (Å²) in [5, 5.41) is 10.8. The molecule has 0 atom stereocenters. The highest BCUT2D eigenvalue weighted by Crippen LogP contribution is 2.34. The zero-order valence-electron chi connectivity index (χ0n) is 18.4. The third-order valence-electron chi connectivity index (χ3n) is 4.79. The van der Waals surface area contributed by atoms with E-state index in [1.807, 2.05) is 6.08 Å². The van der Waals surface area contributed by atoms with Crippen LogP contribution in [0.4, 0.5) is 0 Å². The zero-order valence-corrected chi connectivity index (χ0v) is 18.4. The Balaban J connectivity index is 1.76. The largest absolute Gasteiger partial charge is 0.504 e. The average molecular weight is 434 g/mol. The van der Waals surface area contributed by atoms with Crippen LogP contribution in [0, 0.1) is 0 Å². The van der Waals surface area contributed by atoms with Crippen LogP contribution in [0.1, 0.15) is 44.0 Å². The lowest BCUT2D eigenvalue weighted by molar-refractivity contribution is 0.0723.